The fourth-order valence-electron chi connectivity index (χ4n) is 1.28. The molecule has 0 saturated heterocycles. The molecule has 0 aliphatic heterocycles. The molecule has 0 fully saturated rings. The molecule has 0 heterocycles. The molecule has 0 unspecified atom stereocenters. The van der Waals surface area contributed by atoms with Crippen LogP contribution in [0.1, 0.15) is 20.8 Å². The zero-order valence-electron chi connectivity index (χ0n) is 10.6. The summed E-state index contributed by atoms with van der Waals surface area (Å²) in [7, 11) is 0. The molecule has 1 radical (unpaired) electrons. The quantitative estimate of drug-likeness (QED) is 0.893. The first-order valence-corrected chi connectivity index (χ1v) is 5.48. The number of hydrogen-bond acceptors (Lipinski definition) is 4. The highest BCUT2D eigenvalue weighted by Gasteiger charge is 2.23. The highest BCUT2D eigenvalue weighted by atomic mass is 16.6. The summed E-state index contributed by atoms with van der Waals surface area (Å²) in [6.45, 7) is 5.00. The lowest BCUT2D eigenvalue weighted by Crippen LogP contribution is -2.37. The molecule has 0 spiro atoms. The van der Waals surface area contributed by atoms with Crippen LogP contribution in [0, 0.1) is 0 Å². The molecule has 5 heteroatoms. The molecule has 0 atom stereocenters. The topological polar surface area (TPSA) is 66.8 Å². The lowest BCUT2D eigenvalue weighted by atomic mass is 10.2. The number of carbonyl (C=O) groups excluding carboxylic acids is 2. The number of nitrogens with zero attached hydrogens (tertiary/aromatic N) is 1. The average Bonchev–Trinajstić information content (AvgIpc) is 2.25. The van der Waals surface area contributed by atoms with E-state index in [1.54, 1.807) is 27.1 Å². The van der Waals surface area contributed by atoms with E-state index >= 15 is 0 Å². The van der Waals surface area contributed by atoms with Crippen molar-refractivity contribution in [1.29, 1.82) is 0 Å². The van der Waals surface area contributed by atoms with E-state index in [4.69, 9.17) is 4.74 Å². The highest BCUT2D eigenvalue weighted by Crippen LogP contribution is 2.20. The number of carbonyl (C=O) groups is 1. The van der Waals surface area contributed by atoms with Crippen LogP contribution in [-0.2, 0) is 9.53 Å². The van der Waals surface area contributed by atoms with Gasteiger partial charge in [-0.25, -0.2) is 4.79 Å². The van der Waals surface area contributed by atoms with Crippen molar-refractivity contribution in [3.63, 3.8) is 0 Å². The third-order valence-electron chi connectivity index (χ3n) is 2.00. The summed E-state index contributed by atoms with van der Waals surface area (Å²) in [5.74, 6) is 0.0815. The molecule has 1 aromatic rings. The van der Waals surface area contributed by atoms with Crippen molar-refractivity contribution in [3.05, 3.63) is 24.3 Å². The van der Waals surface area contributed by atoms with E-state index in [0.717, 1.165) is 4.90 Å². The van der Waals surface area contributed by atoms with Crippen molar-refractivity contribution in [2.75, 3.05) is 11.4 Å². The fourth-order valence-corrected chi connectivity index (χ4v) is 1.28. The van der Waals surface area contributed by atoms with E-state index in [9.17, 15) is 14.7 Å². The van der Waals surface area contributed by atoms with E-state index in [0.29, 0.717) is 5.69 Å². The molecule has 0 aliphatic rings. The van der Waals surface area contributed by atoms with Gasteiger partial charge in [-0.05, 0) is 45.0 Å². The number of hydrogen-bond donors (Lipinski definition) is 1. The van der Waals surface area contributed by atoms with E-state index in [1.165, 1.54) is 24.3 Å². The van der Waals surface area contributed by atoms with Gasteiger partial charge in [0.25, 0.3) is 0 Å². The minimum Gasteiger partial charge on any atom is -0.508 e. The van der Waals surface area contributed by atoms with Gasteiger partial charge in [-0.1, -0.05) is 0 Å². The summed E-state index contributed by atoms with van der Waals surface area (Å²) < 4.78 is 5.18. The van der Waals surface area contributed by atoms with Crippen LogP contribution in [0.2, 0.25) is 0 Å². The second-order valence-corrected chi connectivity index (χ2v) is 4.73. The molecule has 97 valence electrons. The van der Waals surface area contributed by atoms with Crippen molar-refractivity contribution >= 4 is 18.1 Å². The predicted molar refractivity (Wildman–Crippen MR) is 67.4 cm³/mol. The summed E-state index contributed by atoms with van der Waals surface area (Å²) in [6.07, 6.45) is 1.03. The van der Waals surface area contributed by atoms with Crippen LogP contribution in [0.5, 0.6) is 5.75 Å². The number of phenols is 1. The van der Waals surface area contributed by atoms with Crippen LogP contribution in [0.4, 0.5) is 10.5 Å². The predicted octanol–water partition coefficient (Wildman–Crippen LogP) is 2.24. The molecule has 0 aromatic heterocycles. The Balaban J connectivity index is 2.91. The number of anilines is 1. The summed E-state index contributed by atoms with van der Waals surface area (Å²) in [6, 6.07) is 5.90. The Morgan fingerprint density at radius 1 is 1.33 bits per heavy atom. The first kappa shape index (κ1) is 14.0. The van der Waals surface area contributed by atoms with Gasteiger partial charge in [-0.15, -0.1) is 0 Å². The lowest BCUT2D eigenvalue weighted by molar-refractivity contribution is 0.0585. The van der Waals surface area contributed by atoms with E-state index < -0.39 is 11.7 Å². The van der Waals surface area contributed by atoms with Gasteiger partial charge in [0, 0.05) is 5.69 Å². The first-order valence-electron chi connectivity index (χ1n) is 5.48. The molecule has 0 saturated carbocycles. The van der Waals surface area contributed by atoms with Gasteiger partial charge >= 0.3 is 6.09 Å². The molecule has 1 amide bonds. The molecule has 1 N–H and O–H groups in total. The number of aromatic hydroxyl groups is 1. The zero-order chi connectivity index (χ0) is 13.8. The third kappa shape index (κ3) is 4.08. The molecule has 1 rings (SSSR count). The van der Waals surface area contributed by atoms with Gasteiger partial charge in [-0.3, -0.25) is 9.69 Å². The van der Waals surface area contributed by atoms with Crippen molar-refractivity contribution in [2.24, 2.45) is 0 Å². The monoisotopic (exact) mass is 250 g/mol. The zero-order valence-corrected chi connectivity index (χ0v) is 10.6. The number of ether oxygens (including phenoxy) is 1. The van der Waals surface area contributed by atoms with Crippen molar-refractivity contribution in [1.82, 2.24) is 0 Å². The SMILES string of the molecule is CC(C)(C)OC(=O)N(C[C]=O)c1ccc(O)cc1. The number of amides is 1. The summed E-state index contributed by atoms with van der Waals surface area (Å²) >= 11 is 0. The number of benzene rings is 1. The maximum atomic E-state index is 11.9. The largest absolute Gasteiger partial charge is 0.508 e. The third-order valence-corrected chi connectivity index (χ3v) is 2.00. The normalized spacial score (nSPS) is 10.8. The molecule has 1 aromatic carbocycles. The van der Waals surface area contributed by atoms with E-state index in [2.05, 4.69) is 0 Å². The standard InChI is InChI=1S/C13H16NO4/c1-13(2,3)18-12(17)14(8-9-15)10-4-6-11(16)7-5-10/h4-7,16H,8H2,1-3H3. The van der Waals surface area contributed by atoms with Crippen LogP contribution in [0.15, 0.2) is 24.3 Å². The Labute approximate surface area is 106 Å². The molecular formula is C13H16NO4. The van der Waals surface area contributed by atoms with Crippen LogP contribution in [0.25, 0.3) is 0 Å². The fraction of sp³-hybridized carbons (Fsp3) is 0.385. The summed E-state index contributed by atoms with van der Waals surface area (Å²) in [4.78, 5) is 23.5. The Morgan fingerprint density at radius 3 is 2.33 bits per heavy atom. The second-order valence-electron chi connectivity index (χ2n) is 4.73. The summed E-state index contributed by atoms with van der Waals surface area (Å²) in [5.41, 5.74) is -0.180. The highest BCUT2D eigenvalue weighted by molar-refractivity contribution is 5.91. The van der Waals surface area contributed by atoms with Gasteiger partial charge in [0.15, 0.2) is 0 Å². The van der Waals surface area contributed by atoms with Gasteiger partial charge in [0.1, 0.15) is 11.4 Å². The lowest BCUT2D eigenvalue weighted by Gasteiger charge is -2.26. The van der Waals surface area contributed by atoms with Gasteiger partial charge in [0.05, 0.1) is 6.54 Å². The smallest absolute Gasteiger partial charge is 0.415 e. The Kier molecular flexibility index (Phi) is 4.31. The maximum Gasteiger partial charge on any atom is 0.415 e. The van der Waals surface area contributed by atoms with E-state index in [-0.39, 0.29) is 12.3 Å². The van der Waals surface area contributed by atoms with Crippen LogP contribution in [-0.4, -0.2) is 29.6 Å². The molecular weight excluding hydrogens is 234 g/mol. The van der Waals surface area contributed by atoms with Gasteiger partial charge in [-0.2, -0.15) is 0 Å². The maximum absolute atomic E-state index is 11.9. The molecule has 0 bridgehead atoms. The van der Waals surface area contributed by atoms with Crippen LogP contribution in [0.3, 0.4) is 0 Å². The van der Waals surface area contributed by atoms with Gasteiger partial charge < -0.3 is 9.84 Å². The Morgan fingerprint density at radius 2 is 1.89 bits per heavy atom. The number of phenolic OH excluding ortho intramolecular Hbond substituents is 1. The first-order chi connectivity index (χ1) is 8.33. The Bertz CT molecular complexity index is 420. The minimum atomic E-state index is -0.644. The van der Waals surface area contributed by atoms with Crippen LogP contribution >= 0.6 is 0 Å². The second kappa shape index (κ2) is 5.53. The van der Waals surface area contributed by atoms with Gasteiger partial charge in [0.2, 0.25) is 6.29 Å². The van der Waals surface area contributed by atoms with Crippen molar-refractivity contribution in [2.45, 2.75) is 26.4 Å². The van der Waals surface area contributed by atoms with Crippen LogP contribution < -0.4 is 4.90 Å². The molecule has 18 heavy (non-hydrogen) atoms. The summed E-state index contributed by atoms with van der Waals surface area (Å²) in [5, 5.41) is 9.18. The molecule has 5 nitrogen and oxygen atoms in total. The molecule has 0 aliphatic carbocycles. The van der Waals surface area contributed by atoms with Crippen molar-refractivity contribution < 1.29 is 19.4 Å². The van der Waals surface area contributed by atoms with E-state index in [1.807, 2.05) is 0 Å². The number of rotatable bonds is 3. The van der Waals surface area contributed by atoms with Crippen molar-refractivity contribution in [3.8, 4) is 5.75 Å². The minimum absolute atomic E-state index is 0.0815. The Hall–Kier alpha value is -2.04. The average molecular weight is 250 g/mol.